The second kappa shape index (κ2) is 5.43. The summed E-state index contributed by atoms with van der Waals surface area (Å²) in [6.45, 7) is 1.99. The van der Waals surface area contributed by atoms with Gasteiger partial charge in [0.2, 0.25) is 0 Å². The highest BCUT2D eigenvalue weighted by Crippen LogP contribution is 2.30. The normalized spacial score (nSPS) is 10.8. The monoisotopic (exact) mass is 346 g/mol. The first-order valence-corrected chi connectivity index (χ1v) is 7.38. The van der Waals surface area contributed by atoms with Crippen LogP contribution in [0.15, 0.2) is 53.1 Å². The zero-order chi connectivity index (χ0) is 14.1. The molecule has 2 nitrogen and oxygen atoms in total. The summed E-state index contributed by atoms with van der Waals surface area (Å²) in [6.07, 6.45) is 1.80. The number of anilines is 2. The molecule has 4 heteroatoms. The van der Waals surface area contributed by atoms with Crippen molar-refractivity contribution in [3.8, 4) is 0 Å². The summed E-state index contributed by atoms with van der Waals surface area (Å²) in [4.78, 5) is 4.43. The number of nitrogens with zero attached hydrogens (tertiary/aromatic N) is 1. The van der Waals surface area contributed by atoms with E-state index >= 15 is 0 Å². The number of aryl methyl sites for hydroxylation is 1. The average Bonchev–Trinajstić information content (AvgIpc) is 2.43. The third-order valence-electron chi connectivity index (χ3n) is 3.20. The van der Waals surface area contributed by atoms with Crippen molar-refractivity contribution in [3.05, 3.63) is 63.7 Å². The van der Waals surface area contributed by atoms with Gasteiger partial charge in [0.15, 0.2) is 0 Å². The van der Waals surface area contributed by atoms with Gasteiger partial charge in [0.25, 0.3) is 0 Å². The summed E-state index contributed by atoms with van der Waals surface area (Å²) in [5.74, 6) is 0. The van der Waals surface area contributed by atoms with Crippen LogP contribution >= 0.6 is 27.5 Å². The predicted octanol–water partition coefficient (Wildman–Crippen LogP) is 5.70. The van der Waals surface area contributed by atoms with Gasteiger partial charge in [-0.05, 0) is 48.9 Å². The van der Waals surface area contributed by atoms with Crippen molar-refractivity contribution in [2.45, 2.75) is 6.92 Å². The van der Waals surface area contributed by atoms with Crippen LogP contribution in [0.1, 0.15) is 5.56 Å². The van der Waals surface area contributed by atoms with E-state index in [9.17, 15) is 0 Å². The standard InChI is InChI=1S/C16H12BrClN2/c1-10-14(18)6-5-13-15(7-8-19-16(10)13)20-12-4-2-3-11(17)9-12/h2-9H,1H3,(H,19,20). The van der Waals surface area contributed by atoms with Gasteiger partial charge in [0.05, 0.1) is 5.52 Å². The summed E-state index contributed by atoms with van der Waals surface area (Å²) in [7, 11) is 0. The van der Waals surface area contributed by atoms with Gasteiger partial charge in [-0.15, -0.1) is 0 Å². The van der Waals surface area contributed by atoms with Crippen LogP contribution in [-0.2, 0) is 0 Å². The van der Waals surface area contributed by atoms with Crippen LogP contribution in [0.2, 0.25) is 5.02 Å². The van der Waals surface area contributed by atoms with Crippen LogP contribution in [0.4, 0.5) is 11.4 Å². The number of benzene rings is 2. The molecule has 3 rings (SSSR count). The van der Waals surface area contributed by atoms with Gasteiger partial charge in [-0.2, -0.15) is 0 Å². The highest BCUT2D eigenvalue weighted by molar-refractivity contribution is 9.10. The van der Waals surface area contributed by atoms with E-state index in [1.54, 1.807) is 6.20 Å². The van der Waals surface area contributed by atoms with E-state index in [1.165, 1.54) is 0 Å². The van der Waals surface area contributed by atoms with Crippen molar-refractivity contribution in [3.63, 3.8) is 0 Å². The van der Waals surface area contributed by atoms with E-state index in [1.807, 2.05) is 49.4 Å². The Bertz CT molecular complexity index is 787. The topological polar surface area (TPSA) is 24.9 Å². The molecule has 1 N–H and O–H groups in total. The van der Waals surface area contributed by atoms with Crippen molar-refractivity contribution in [2.24, 2.45) is 0 Å². The molecule has 0 radical (unpaired) electrons. The Kier molecular flexibility index (Phi) is 3.64. The molecule has 0 bridgehead atoms. The average molecular weight is 348 g/mol. The summed E-state index contributed by atoms with van der Waals surface area (Å²) < 4.78 is 1.04. The molecule has 20 heavy (non-hydrogen) atoms. The van der Waals surface area contributed by atoms with Gasteiger partial charge >= 0.3 is 0 Å². The van der Waals surface area contributed by atoms with Crippen LogP contribution in [0.3, 0.4) is 0 Å². The van der Waals surface area contributed by atoms with Gasteiger partial charge in [-0.25, -0.2) is 0 Å². The summed E-state index contributed by atoms with van der Waals surface area (Å²) in [5, 5.41) is 5.23. The summed E-state index contributed by atoms with van der Waals surface area (Å²) in [6, 6.07) is 13.9. The number of pyridine rings is 1. The molecule has 0 aliphatic heterocycles. The quantitative estimate of drug-likeness (QED) is 0.643. The van der Waals surface area contributed by atoms with E-state index in [4.69, 9.17) is 11.6 Å². The lowest BCUT2D eigenvalue weighted by atomic mass is 10.1. The largest absolute Gasteiger partial charge is 0.355 e. The number of aromatic nitrogens is 1. The van der Waals surface area contributed by atoms with Gasteiger partial charge in [0, 0.05) is 32.5 Å². The van der Waals surface area contributed by atoms with E-state index < -0.39 is 0 Å². The molecule has 3 aromatic rings. The number of halogens is 2. The minimum absolute atomic E-state index is 0.740. The van der Waals surface area contributed by atoms with Crippen molar-refractivity contribution >= 4 is 49.8 Å². The molecule has 1 aromatic heterocycles. The van der Waals surface area contributed by atoms with Crippen LogP contribution < -0.4 is 5.32 Å². The number of hydrogen-bond donors (Lipinski definition) is 1. The van der Waals surface area contributed by atoms with E-state index in [-0.39, 0.29) is 0 Å². The summed E-state index contributed by atoms with van der Waals surface area (Å²) in [5.41, 5.74) is 3.98. The number of hydrogen-bond acceptors (Lipinski definition) is 2. The molecule has 0 saturated carbocycles. The first-order valence-electron chi connectivity index (χ1n) is 6.21. The first-order chi connectivity index (χ1) is 9.65. The van der Waals surface area contributed by atoms with Crippen molar-refractivity contribution < 1.29 is 0 Å². The van der Waals surface area contributed by atoms with Gasteiger partial charge < -0.3 is 5.32 Å². The lowest BCUT2D eigenvalue weighted by Crippen LogP contribution is -1.94. The van der Waals surface area contributed by atoms with Crippen LogP contribution in [-0.4, -0.2) is 4.98 Å². The Morgan fingerprint density at radius 3 is 2.80 bits per heavy atom. The summed E-state index contributed by atoms with van der Waals surface area (Å²) >= 11 is 9.63. The maximum Gasteiger partial charge on any atom is 0.0766 e. The Labute approximate surface area is 130 Å². The second-order valence-corrected chi connectivity index (χ2v) is 5.89. The molecule has 1 heterocycles. The molecular formula is C16H12BrClN2. The maximum absolute atomic E-state index is 6.15. The zero-order valence-electron chi connectivity index (χ0n) is 10.8. The zero-order valence-corrected chi connectivity index (χ0v) is 13.2. The predicted molar refractivity (Wildman–Crippen MR) is 88.9 cm³/mol. The SMILES string of the molecule is Cc1c(Cl)ccc2c(Nc3cccc(Br)c3)ccnc12. The van der Waals surface area contributed by atoms with Crippen LogP contribution in [0, 0.1) is 6.92 Å². The molecule has 0 atom stereocenters. The number of rotatable bonds is 2. The Morgan fingerprint density at radius 1 is 1.15 bits per heavy atom. The smallest absolute Gasteiger partial charge is 0.0766 e. The molecule has 0 aliphatic rings. The Hall–Kier alpha value is -1.58. The molecule has 0 aliphatic carbocycles. The minimum atomic E-state index is 0.740. The fraction of sp³-hybridized carbons (Fsp3) is 0.0625. The van der Waals surface area contributed by atoms with Crippen LogP contribution in [0.25, 0.3) is 10.9 Å². The van der Waals surface area contributed by atoms with E-state index in [0.29, 0.717) is 0 Å². The Balaban J connectivity index is 2.10. The molecular weight excluding hydrogens is 336 g/mol. The van der Waals surface area contributed by atoms with E-state index in [2.05, 4.69) is 26.2 Å². The number of nitrogens with one attached hydrogen (secondary N) is 1. The molecule has 0 spiro atoms. The van der Waals surface area contributed by atoms with Gasteiger partial charge in [0.1, 0.15) is 0 Å². The molecule has 0 unspecified atom stereocenters. The fourth-order valence-corrected chi connectivity index (χ4v) is 2.72. The van der Waals surface area contributed by atoms with Gasteiger partial charge in [-0.1, -0.05) is 33.6 Å². The molecule has 100 valence electrons. The fourth-order valence-electron chi connectivity index (χ4n) is 2.17. The number of fused-ring (bicyclic) bond motifs is 1. The highest BCUT2D eigenvalue weighted by atomic mass is 79.9. The minimum Gasteiger partial charge on any atom is -0.355 e. The maximum atomic E-state index is 6.15. The van der Waals surface area contributed by atoms with E-state index in [0.717, 1.165) is 37.3 Å². The molecule has 0 fully saturated rings. The highest BCUT2D eigenvalue weighted by Gasteiger charge is 2.07. The van der Waals surface area contributed by atoms with Crippen molar-refractivity contribution in [2.75, 3.05) is 5.32 Å². The first kappa shape index (κ1) is 13.4. The molecule has 0 saturated heterocycles. The lowest BCUT2D eigenvalue weighted by Gasteiger charge is -2.11. The van der Waals surface area contributed by atoms with Crippen molar-refractivity contribution in [1.29, 1.82) is 0 Å². The third-order valence-corrected chi connectivity index (χ3v) is 4.11. The third kappa shape index (κ3) is 2.51. The Morgan fingerprint density at radius 2 is 2.00 bits per heavy atom. The van der Waals surface area contributed by atoms with Crippen molar-refractivity contribution in [1.82, 2.24) is 4.98 Å². The van der Waals surface area contributed by atoms with Crippen LogP contribution in [0.5, 0.6) is 0 Å². The van der Waals surface area contributed by atoms with Gasteiger partial charge in [-0.3, -0.25) is 4.98 Å². The lowest BCUT2D eigenvalue weighted by molar-refractivity contribution is 1.36. The molecule has 0 amide bonds. The molecule has 2 aromatic carbocycles. The second-order valence-electron chi connectivity index (χ2n) is 4.56.